The first-order chi connectivity index (χ1) is 11.6. The second kappa shape index (κ2) is 6.90. The van der Waals surface area contributed by atoms with E-state index in [1.165, 1.54) is 6.07 Å². The van der Waals surface area contributed by atoms with Crippen LogP contribution in [-0.2, 0) is 0 Å². The average Bonchev–Trinajstić information content (AvgIpc) is 3.08. The van der Waals surface area contributed by atoms with Crippen molar-refractivity contribution in [3.8, 4) is 17.2 Å². The van der Waals surface area contributed by atoms with Crippen molar-refractivity contribution in [2.75, 3.05) is 12.4 Å². The number of amides is 1. The molecular formula is C16H11Cl2N3O3. The first-order valence-electron chi connectivity index (χ1n) is 6.81. The molecule has 0 aliphatic heterocycles. The number of hydrogen-bond acceptors (Lipinski definition) is 5. The van der Waals surface area contributed by atoms with E-state index < -0.39 is 5.91 Å². The van der Waals surface area contributed by atoms with E-state index >= 15 is 0 Å². The van der Waals surface area contributed by atoms with Gasteiger partial charge in [0.05, 0.1) is 17.2 Å². The molecule has 0 atom stereocenters. The van der Waals surface area contributed by atoms with Crippen molar-refractivity contribution in [2.45, 2.75) is 0 Å². The average molecular weight is 364 g/mol. The summed E-state index contributed by atoms with van der Waals surface area (Å²) in [6, 6.07) is 11.8. The Kier molecular flexibility index (Phi) is 4.69. The highest BCUT2D eigenvalue weighted by atomic mass is 35.5. The van der Waals surface area contributed by atoms with Gasteiger partial charge in [-0.3, -0.25) is 4.79 Å². The molecule has 8 heteroatoms. The van der Waals surface area contributed by atoms with Crippen LogP contribution >= 0.6 is 23.2 Å². The van der Waals surface area contributed by atoms with Gasteiger partial charge in [-0.2, -0.15) is 0 Å². The van der Waals surface area contributed by atoms with Crippen LogP contribution in [0.15, 0.2) is 46.9 Å². The third-order valence-electron chi connectivity index (χ3n) is 3.11. The predicted molar refractivity (Wildman–Crippen MR) is 90.7 cm³/mol. The predicted octanol–water partition coefficient (Wildman–Crippen LogP) is 4.30. The lowest BCUT2D eigenvalue weighted by atomic mass is 10.2. The molecule has 1 amide bonds. The van der Waals surface area contributed by atoms with Crippen molar-refractivity contribution in [2.24, 2.45) is 0 Å². The van der Waals surface area contributed by atoms with E-state index in [2.05, 4.69) is 15.5 Å². The second-order valence-corrected chi connectivity index (χ2v) is 5.54. The standard InChI is InChI=1S/C16H11Cl2N3O3/c1-23-11-4-2-3-9(7-11)15-20-21-16(24-15)14(22)19-10-5-6-12(17)13(18)8-10/h2-8H,1H3,(H,19,22). The molecule has 0 aliphatic rings. The number of methoxy groups -OCH3 is 1. The lowest BCUT2D eigenvalue weighted by Gasteiger charge is -2.03. The van der Waals surface area contributed by atoms with Crippen LogP contribution in [-0.4, -0.2) is 23.2 Å². The lowest BCUT2D eigenvalue weighted by molar-refractivity contribution is 0.0991. The van der Waals surface area contributed by atoms with Gasteiger partial charge in [-0.25, -0.2) is 0 Å². The maximum atomic E-state index is 12.2. The van der Waals surface area contributed by atoms with E-state index in [4.69, 9.17) is 32.4 Å². The van der Waals surface area contributed by atoms with Gasteiger partial charge in [0.1, 0.15) is 5.75 Å². The fraction of sp³-hybridized carbons (Fsp3) is 0.0625. The van der Waals surface area contributed by atoms with E-state index in [0.717, 1.165) is 0 Å². The van der Waals surface area contributed by atoms with Crippen molar-refractivity contribution in [1.29, 1.82) is 0 Å². The van der Waals surface area contributed by atoms with Gasteiger partial charge in [0, 0.05) is 11.3 Å². The Hall–Kier alpha value is -2.57. The van der Waals surface area contributed by atoms with Crippen LogP contribution in [0.2, 0.25) is 10.0 Å². The maximum Gasteiger partial charge on any atom is 0.313 e. The normalized spacial score (nSPS) is 10.5. The van der Waals surface area contributed by atoms with E-state index in [1.54, 1.807) is 43.5 Å². The van der Waals surface area contributed by atoms with Crippen LogP contribution in [0, 0.1) is 0 Å². The molecule has 3 aromatic rings. The molecule has 24 heavy (non-hydrogen) atoms. The van der Waals surface area contributed by atoms with Gasteiger partial charge in [0.2, 0.25) is 5.89 Å². The van der Waals surface area contributed by atoms with Gasteiger partial charge in [0.15, 0.2) is 0 Å². The van der Waals surface area contributed by atoms with Crippen molar-refractivity contribution in [3.63, 3.8) is 0 Å². The summed E-state index contributed by atoms with van der Waals surface area (Å²) < 4.78 is 10.5. The Morgan fingerprint density at radius 3 is 2.71 bits per heavy atom. The molecule has 3 rings (SSSR count). The molecule has 6 nitrogen and oxygen atoms in total. The molecule has 0 spiro atoms. The highest BCUT2D eigenvalue weighted by Crippen LogP contribution is 2.26. The zero-order valence-corrected chi connectivity index (χ0v) is 13.9. The fourth-order valence-corrected chi connectivity index (χ4v) is 2.24. The van der Waals surface area contributed by atoms with Gasteiger partial charge in [-0.05, 0) is 36.4 Å². The SMILES string of the molecule is COc1cccc(-c2nnc(C(=O)Nc3ccc(Cl)c(Cl)c3)o2)c1. The quantitative estimate of drug-likeness (QED) is 0.747. The summed E-state index contributed by atoms with van der Waals surface area (Å²) in [5.41, 5.74) is 1.12. The summed E-state index contributed by atoms with van der Waals surface area (Å²) in [5, 5.41) is 11.0. The number of aromatic nitrogens is 2. The Morgan fingerprint density at radius 2 is 1.96 bits per heavy atom. The second-order valence-electron chi connectivity index (χ2n) is 4.73. The molecule has 0 unspecified atom stereocenters. The van der Waals surface area contributed by atoms with E-state index in [-0.39, 0.29) is 11.8 Å². The number of nitrogens with one attached hydrogen (secondary N) is 1. The highest BCUT2D eigenvalue weighted by Gasteiger charge is 2.16. The van der Waals surface area contributed by atoms with Crippen molar-refractivity contribution < 1.29 is 13.9 Å². The zero-order chi connectivity index (χ0) is 17.1. The summed E-state index contributed by atoms with van der Waals surface area (Å²) >= 11 is 11.7. The summed E-state index contributed by atoms with van der Waals surface area (Å²) in [5.74, 6) is 0.148. The third kappa shape index (κ3) is 3.50. The Morgan fingerprint density at radius 1 is 1.12 bits per heavy atom. The molecule has 1 N–H and O–H groups in total. The number of halogens is 2. The molecule has 0 bridgehead atoms. The number of benzene rings is 2. The molecular weight excluding hydrogens is 353 g/mol. The zero-order valence-electron chi connectivity index (χ0n) is 12.4. The van der Waals surface area contributed by atoms with Gasteiger partial charge in [-0.1, -0.05) is 29.3 Å². The van der Waals surface area contributed by atoms with Crippen molar-refractivity contribution in [3.05, 3.63) is 58.4 Å². The largest absolute Gasteiger partial charge is 0.497 e. The number of nitrogens with zero attached hydrogens (tertiary/aromatic N) is 2. The minimum atomic E-state index is -0.546. The van der Waals surface area contributed by atoms with Gasteiger partial charge in [0.25, 0.3) is 0 Å². The molecule has 0 radical (unpaired) electrons. The number of rotatable bonds is 4. The number of ether oxygens (including phenoxy) is 1. The van der Waals surface area contributed by atoms with E-state index in [9.17, 15) is 4.79 Å². The van der Waals surface area contributed by atoms with Gasteiger partial charge in [-0.15, -0.1) is 10.2 Å². The third-order valence-corrected chi connectivity index (χ3v) is 3.85. The number of carbonyl (C=O) groups excluding carboxylic acids is 1. The van der Waals surface area contributed by atoms with E-state index in [1.807, 2.05) is 0 Å². The monoisotopic (exact) mass is 363 g/mol. The van der Waals surface area contributed by atoms with Gasteiger partial charge < -0.3 is 14.5 Å². The van der Waals surface area contributed by atoms with Crippen LogP contribution in [0.5, 0.6) is 5.75 Å². The molecule has 122 valence electrons. The van der Waals surface area contributed by atoms with Crippen LogP contribution in [0.1, 0.15) is 10.7 Å². The summed E-state index contributed by atoms with van der Waals surface area (Å²) in [4.78, 5) is 12.2. The minimum absolute atomic E-state index is 0.168. The van der Waals surface area contributed by atoms with Crippen molar-refractivity contribution >= 4 is 34.8 Å². The topological polar surface area (TPSA) is 77.2 Å². The molecule has 0 saturated heterocycles. The maximum absolute atomic E-state index is 12.2. The van der Waals surface area contributed by atoms with Gasteiger partial charge >= 0.3 is 11.8 Å². The van der Waals surface area contributed by atoms with Crippen LogP contribution in [0.25, 0.3) is 11.5 Å². The lowest BCUT2D eigenvalue weighted by Crippen LogP contribution is -2.12. The van der Waals surface area contributed by atoms with Crippen LogP contribution in [0.4, 0.5) is 5.69 Å². The highest BCUT2D eigenvalue weighted by molar-refractivity contribution is 6.42. The number of anilines is 1. The molecule has 2 aromatic carbocycles. The Labute approximate surface area is 147 Å². The summed E-state index contributed by atoms with van der Waals surface area (Å²) in [7, 11) is 1.56. The molecule has 1 aromatic heterocycles. The van der Waals surface area contributed by atoms with E-state index in [0.29, 0.717) is 27.0 Å². The molecule has 1 heterocycles. The number of carbonyl (C=O) groups is 1. The first kappa shape index (κ1) is 16.3. The Balaban J connectivity index is 1.79. The van der Waals surface area contributed by atoms with Crippen LogP contribution in [0.3, 0.4) is 0 Å². The molecule has 0 saturated carbocycles. The first-order valence-corrected chi connectivity index (χ1v) is 7.57. The number of hydrogen-bond donors (Lipinski definition) is 1. The summed E-state index contributed by atoms with van der Waals surface area (Å²) in [6.07, 6.45) is 0. The summed E-state index contributed by atoms with van der Waals surface area (Å²) in [6.45, 7) is 0. The Bertz CT molecular complexity index is 896. The minimum Gasteiger partial charge on any atom is -0.497 e. The molecule has 0 fully saturated rings. The van der Waals surface area contributed by atoms with Crippen LogP contribution < -0.4 is 10.1 Å². The molecule has 0 aliphatic carbocycles. The fourth-order valence-electron chi connectivity index (χ4n) is 1.95. The smallest absolute Gasteiger partial charge is 0.313 e. The van der Waals surface area contributed by atoms with Crippen molar-refractivity contribution in [1.82, 2.24) is 10.2 Å².